The summed E-state index contributed by atoms with van der Waals surface area (Å²) >= 11 is 0. The lowest BCUT2D eigenvalue weighted by atomic mass is 9.97. The van der Waals surface area contributed by atoms with Gasteiger partial charge in [0.25, 0.3) is 0 Å². The van der Waals surface area contributed by atoms with Crippen molar-refractivity contribution < 1.29 is 31.2 Å². The van der Waals surface area contributed by atoms with E-state index in [1.165, 1.54) is 36.4 Å². The van der Waals surface area contributed by atoms with Crippen LogP contribution in [0.1, 0.15) is 54.1 Å². The van der Waals surface area contributed by atoms with E-state index in [0.717, 1.165) is 25.1 Å². The van der Waals surface area contributed by atoms with Crippen molar-refractivity contribution in [1.82, 2.24) is 0 Å². The van der Waals surface area contributed by atoms with Crippen LogP contribution in [0.25, 0.3) is 11.1 Å². The van der Waals surface area contributed by atoms with Crippen molar-refractivity contribution >= 4 is 22.0 Å². The second-order valence-corrected chi connectivity index (χ2v) is 10.2. The Hall–Kier alpha value is -3.50. The van der Waals surface area contributed by atoms with Crippen LogP contribution < -0.4 is 9.98 Å². The minimum absolute atomic E-state index is 0.0546. The number of carbonyl (C=O) groups excluding carboxylic acids is 1. The number of ketones is 1. The second kappa shape index (κ2) is 12.2. The van der Waals surface area contributed by atoms with Crippen molar-refractivity contribution in [3.63, 3.8) is 0 Å². The summed E-state index contributed by atoms with van der Waals surface area (Å²) in [6.07, 6.45) is -1.08. The molecule has 0 bridgehead atoms. The smallest absolute Gasteiger partial charge is 0.357 e. The van der Waals surface area contributed by atoms with Crippen LogP contribution in [0.4, 0.5) is 13.2 Å². The molecule has 0 saturated carbocycles. The van der Waals surface area contributed by atoms with Gasteiger partial charge in [0.05, 0.1) is 11.8 Å². The summed E-state index contributed by atoms with van der Waals surface area (Å²) in [4.78, 5) is 17.9. The molecule has 0 fully saturated rings. The maximum absolute atomic E-state index is 13.7. The van der Waals surface area contributed by atoms with Gasteiger partial charge in [0.2, 0.25) is 10.0 Å². The average Bonchev–Trinajstić information content (AvgIpc) is 2.86. The number of hydrogen-bond acceptors (Lipinski definition) is 5. The van der Waals surface area contributed by atoms with E-state index in [4.69, 9.17) is 9.98 Å². The van der Waals surface area contributed by atoms with E-state index in [0.29, 0.717) is 12.0 Å². The number of Topliss-reactive ketones (excluding diaryl/α,β-unsaturated/α-hetero) is 1. The molecule has 37 heavy (non-hydrogen) atoms. The minimum atomic E-state index is -4.57. The highest BCUT2D eigenvalue weighted by Gasteiger charge is 2.34. The molecule has 2 N–H and O–H groups in total. The number of benzene rings is 3. The predicted octanol–water partition coefficient (Wildman–Crippen LogP) is 6.21. The Balaban J connectivity index is 1.73. The maximum Gasteiger partial charge on any atom is 0.417 e. The molecule has 3 aromatic rings. The Bertz CT molecular complexity index is 1340. The Morgan fingerprint density at radius 1 is 1.03 bits per heavy atom. The summed E-state index contributed by atoms with van der Waals surface area (Å²) in [6, 6.07) is 17.7. The van der Waals surface area contributed by atoms with Gasteiger partial charge in [-0.2, -0.15) is 13.2 Å². The summed E-state index contributed by atoms with van der Waals surface area (Å²) in [5.74, 6) is -0.394. The molecule has 0 aliphatic heterocycles. The summed E-state index contributed by atoms with van der Waals surface area (Å²) in [6.45, 7) is 1.96. The zero-order valence-corrected chi connectivity index (χ0v) is 20.9. The molecule has 1 unspecified atom stereocenters. The Morgan fingerprint density at radius 2 is 1.70 bits per heavy atom. The number of rotatable bonds is 11. The largest absolute Gasteiger partial charge is 0.417 e. The predicted molar refractivity (Wildman–Crippen MR) is 137 cm³/mol. The fourth-order valence-corrected chi connectivity index (χ4v) is 4.71. The molecule has 1 atom stereocenters. The number of primary sulfonamides is 1. The quantitative estimate of drug-likeness (QED) is 0.137. The number of sulfonamides is 1. The van der Waals surface area contributed by atoms with E-state index in [1.54, 1.807) is 30.3 Å². The molecule has 0 aliphatic carbocycles. The lowest BCUT2D eigenvalue weighted by molar-refractivity contribution is -0.137. The van der Waals surface area contributed by atoms with E-state index in [-0.39, 0.29) is 28.9 Å². The molecule has 3 aromatic carbocycles. The first-order valence-corrected chi connectivity index (χ1v) is 13.2. The molecule has 0 radical (unpaired) electrons. The number of carbonyl (C=O) groups is 1. The molecule has 10 heteroatoms. The van der Waals surface area contributed by atoms with Crippen LogP contribution in [0.3, 0.4) is 0 Å². The van der Waals surface area contributed by atoms with Gasteiger partial charge >= 0.3 is 6.18 Å². The molecule has 0 heterocycles. The van der Waals surface area contributed by atoms with Crippen molar-refractivity contribution in [1.29, 1.82) is 0 Å². The molecular formula is C27H27F3N2O4S. The van der Waals surface area contributed by atoms with Crippen molar-refractivity contribution in [2.24, 2.45) is 10.3 Å². The number of halogens is 3. The van der Waals surface area contributed by atoms with Crippen LogP contribution in [0.5, 0.6) is 5.75 Å². The minimum Gasteiger partial charge on any atom is -0.357 e. The van der Waals surface area contributed by atoms with E-state index in [2.05, 4.69) is 5.16 Å². The standard InChI is InChI=1S/C27H27F3N2O4S/c1-2-3-5-10-25(37(31,34)35)26(33)21-12-14-22(15-13-21)36-32-18-19-11-16-23(20-8-6-4-7-9-20)24(17-19)27(28,29)30/h4,6-9,11-18,25H,2-3,5,10H2,1H3,(H2,31,34,35)/b32-18+. The SMILES string of the molecule is CCCCCC(C(=O)c1ccc(O/N=C/c2ccc(-c3ccccc3)c(C(F)(F)F)c2)cc1)S(N)(=O)=O. The zero-order chi connectivity index (χ0) is 27.1. The number of oxime groups is 1. The van der Waals surface area contributed by atoms with Gasteiger partial charge in [-0.05, 0) is 53.4 Å². The van der Waals surface area contributed by atoms with Gasteiger partial charge in [-0.1, -0.05) is 73.8 Å². The van der Waals surface area contributed by atoms with Gasteiger partial charge in [0, 0.05) is 5.56 Å². The first kappa shape index (κ1) is 28.1. The number of alkyl halides is 3. The summed E-state index contributed by atoms with van der Waals surface area (Å²) in [5, 5.41) is 7.68. The molecule has 0 amide bonds. The second-order valence-electron chi connectivity index (χ2n) is 8.46. The first-order valence-electron chi connectivity index (χ1n) is 11.6. The third-order valence-corrected chi connectivity index (χ3v) is 6.93. The number of unbranched alkanes of at least 4 members (excludes halogenated alkanes) is 2. The van der Waals surface area contributed by atoms with Crippen LogP contribution in [-0.4, -0.2) is 25.7 Å². The number of nitrogens with two attached hydrogens (primary N) is 1. The third-order valence-electron chi connectivity index (χ3n) is 5.69. The van der Waals surface area contributed by atoms with Gasteiger partial charge in [-0.3, -0.25) is 4.79 Å². The van der Waals surface area contributed by atoms with E-state index < -0.39 is 32.8 Å². The lowest BCUT2D eigenvalue weighted by Gasteiger charge is -2.14. The monoisotopic (exact) mass is 532 g/mol. The number of hydrogen-bond donors (Lipinski definition) is 1. The fourth-order valence-electron chi connectivity index (χ4n) is 3.78. The third kappa shape index (κ3) is 7.74. The Morgan fingerprint density at radius 3 is 2.30 bits per heavy atom. The van der Waals surface area contributed by atoms with Crippen LogP contribution in [0.15, 0.2) is 78.0 Å². The van der Waals surface area contributed by atoms with Crippen molar-refractivity contribution in [2.45, 2.75) is 44.0 Å². The van der Waals surface area contributed by atoms with Gasteiger partial charge in [-0.15, -0.1) is 0 Å². The first-order chi connectivity index (χ1) is 17.5. The normalized spacial score (nSPS) is 13.0. The molecule has 0 spiro atoms. The van der Waals surface area contributed by atoms with Gasteiger partial charge in [-0.25, -0.2) is 13.6 Å². The van der Waals surface area contributed by atoms with Crippen molar-refractivity contribution in [2.75, 3.05) is 0 Å². The average molecular weight is 533 g/mol. The molecule has 0 saturated heterocycles. The van der Waals surface area contributed by atoms with E-state index >= 15 is 0 Å². The van der Waals surface area contributed by atoms with E-state index in [9.17, 15) is 26.4 Å². The summed E-state index contributed by atoms with van der Waals surface area (Å²) < 4.78 is 64.8. The van der Waals surface area contributed by atoms with Crippen LogP contribution >= 0.6 is 0 Å². The van der Waals surface area contributed by atoms with Gasteiger partial charge in [0.1, 0.15) is 5.25 Å². The van der Waals surface area contributed by atoms with Crippen LogP contribution in [-0.2, 0) is 16.2 Å². The van der Waals surface area contributed by atoms with Crippen molar-refractivity contribution in [3.8, 4) is 16.9 Å². The van der Waals surface area contributed by atoms with Gasteiger partial charge < -0.3 is 4.84 Å². The topological polar surface area (TPSA) is 98.8 Å². The lowest BCUT2D eigenvalue weighted by Crippen LogP contribution is -2.35. The molecule has 196 valence electrons. The summed E-state index contributed by atoms with van der Waals surface area (Å²) in [5.41, 5.74) is 0.0343. The van der Waals surface area contributed by atoms with Crippen LogP contribution in [0, 0.1) is 0 Å². The highest BCUT2D eigenvalue weighted by Crippen LogP contribution is 2.37. The molecular weight excluding hydrogens is 505 g/mol. The molecule has 3 rings (SSSR count). The molecule has 0 aromatic heterocycles. The fraction of sp³-hybridized carbons (Fsp3) is 0.259. The number of nitrogens with zero attached hydrogens (tertiary/aromatic N) is 1. The molecule has 6 nitrogen and oxygen atoms in total. The van der Waals surface area contributed by atoms with Crippen LogP contribution in [0.2, 0.25) is 0 Å². The Labute approximate surface area is 214 Å². The highest BCUT2D eigenvalue weighted by atomic mass is 32.2. The summed E-state index contributed by atoms with van der Waals surface area (Å²) in [7, 11) is -4.07. The zero-order valence-electron chi connectivity index (χ0n) is 20.1. The highest BCUT2D eigenvalue weighted by molar-refractivity contribution is 7.90. The maximum atomic E-state index is 13.7. The van der Waals surface area contributed by atoms with E-state index in [1.807, 2.05) is 6.92 Å². The van der Waals surface area contributed by atoms with Gasteiger partial charge in [0.15, 0.2) is 11.5 Å². The van der Waals surface area contributed by atoms with Crippen molar-refractivity contribution in [3.05, 3.63) is 89.5 Å². The molecule has 0 aliphatic rings. The Kier molecular flexibility index (Phi) is 9.23.